The monoisotopic (exact) mass is 303 g/mol. The summed E-state index contributed by atoms with van der Waals surface area (Å²) < 4.78 is 0. The molecule has 2 nitrogen and oxygen atoms in total. The summed E-state index contributed by atoms with van der Waals surface area (Å²) in [5.74, 6) is 0. The lowest BCUT2D eigenvalue weighted by atomic mass is 10.1. The third-order valence-electron chi connectivity index (χ3n) is 3.62. The number of hydrogen-bond donors (Lipinski definition) is 1. The van der Waals surface area contributed by atoms with Gasteiger partial charge in [0.05, 0.1) is 6.10 Å². The molecule has 112 valence electrons. The zero-order valence-corrected chi connectivity index (χ0v) is 13.6. The Kier molecular flexibility index (Phi) is 5.27. The first-order chi connectivity index (χ1) is 9.95. The van der Waals surface area contributed by atoms with E-state index < -0.39 is 6.10 Å². The van der Waals surface area contributed by atoms with E-state index in [1.54, 1.807) is 0 Å². The third kappa shape index (κ3) is 4.48. The summed E-state index contributed by atoms with van der Waals surface area (Å²) in [5, 5.41) is 10.9. The van der Waals surface area contributed by atoms with Crippen molar-refractivity contribution in [2.24, 2.45) is 0 Å². The number of hydrogen-bond acceptors (Lipinski definition) is 2. The van der Waals surface area contributed by atoms with E-state index in [9.17, 15) is 5.11 Å². The first-order valence-electron chi connectivity index (χ1n) is 7.18. The van der Waals surface area contributed by atoms with Crippen molar-refractivity contribution in [3.8, 4) is 0 Å². The van der Waals surface area contributed by atoms with Crippen LogP contribution >= 0.6 is 11.6 Å². The van der Waals surface area contributed by atoms with Gasteiger partial charge in [0.2, 0.25) is 0 Å². The Labute approximate surface area is 132 Å². The molecule has 21 heavy (non-hydrogen) atoms. The van der Waals surface area contributed by atoms with E-state index in [1.165, 1.54) is 16.8 Å². The third-order valence-corrected chi connectivity index (χ3v) is 3.85. The van der Waals surface area contributed by atoms with Gasteiger partial charge in [0, 0.05) is 24.3 Å². The molecule has 0 saturated carbocycles. The second kappa shape index (κ2) is 6.97. The van der Waals surface area contributed by atoms with Gasteiger partial charge < -0.3 is 10.0 Å². The van der Waals surface area contributed by atoms with Gasteiger partial charge in [0.1, 0.15) is 0 Å². The zero-order valence-electron chi connectivity index (χ0n) is 12.8. The van der Waals surface area contributed by atoms with Gasteiger partial charge in [-0.1, -0.05) is 29.8 Å². The number of rotatable bonds is 5. The molecule has 0 aliphatic carbocycles. The number of aliphatic hydroxyl groups excluding tert-OH is 1. The summed E-state index contributed by atoms with van der Waals surface area (Å²) in [4.78, 5) is 2.17. The van der Waals surface area contributed by atoms with Crippen LogP contribution in [-0.4, -0.2) is 18.7 Å². The minimum atomic E-state index is -0.489. The van der Waals surface area contributed by atoms with E-state index in [2.05, 4.69) is 44.0 Å². The molecule has 0 heterocycles. The molecule has 0 bridgehead atoms. The number of aryl methyl sites for hydroxylation is 2. The van der Waals surface area contributed by atoms with Gasteiger partial charge >= 0.3 is 0 Å². The van der Waals surface area contributed by atoms with Crippen LogP contribution in [0.2, 0.25) is 5.02 Å². The highest BCUT2D eigenvalue weighted by molar-refractivity contribution is 6.30. The Morgan fingerprint density at radius 3 is 2.38 bits per heavy atom. The van der Waals surface area contributed by atoms with Crippen LogP contribution in [0.25, 0.3) is 0 Å². The van der Waals surface area contributed by atoms with Crippen molar-refractivity contribution in [3.63, 3.8) is 0 Å². The Morgan fingerprint density at radius 1 is 1.10 bits per heavy atom. The van der Waals surface area contributed by atoms with Crippen molar-refractivity contribution in [1.82, 2.24) is 0 Å². The fraction of sp³-hybridized carbons (Fsp3) is 0.333. The molecule has 2 aromatic rings. The summed E-state index contributed by atoms with van der Waals surface area (Å²) in [5.41, 5.74) is 4.57. The summed E-state index contributed by atoms with van der Waals surface area (Å²) in [6, 6.07) is 13.9. The molecule has 1 atom stereocenters. The van der Waals surface area contributed by atoms with Crippen LogP contribution in [0.1, 0.15) is 29.2 Å². The van der Waals surface area contributed by atoms with Gasteiger partial charge in [-0.2, -0.15) is 0 Å². The Hall–Kier alpha value is -1.51. The number of benzene rings is 2. The molecule has 0 saturated heterocycles. The molecule has 1 unspecified atom stereocenters. The number of halogens is 1. The van der Waals surface area contributed by atoms with E-state index in [4.69, 9.17) is 11.6 Å². The van der Waals surface area contributed by atoms with Crippen LogP contribution in [0.15, 0.2) is 42.5 Å². The lowest BCUT2D eigenvalue weighted by molar-refractivity contribution is 0.170. The van der Waals surface area contributed by atoms with E-state index in [0.717, 1.165) is 12.1 Å². The molecule has 3 heteroatoms. The number of anilines is 1. The average molecular weight is 304 g/mol. The van der Waals surface area contributed by atoms with Crippen molar-refractivity contribution in [1.29, 1.82) is 0 Å². The van der Waals surface area contributed by atoms with Crippen LogP contribution in [0, 0.1) is 13.8 Å². The Bertz CT molecular complexity index is 592. The second-order valence-corrected chi connectivity index (χ2v) is 6.06. The first kappa shape index (κ1) is 15.9. The van der Waals surface area contributed by atoms with E-state index in [0.29, 0.717) is 11.4 Å². The lowest BCUT2D eigenvalue weighted by Gasteiger charge is -2.22. The molecule has 0 aliphatic rings. The van der Waals surface area contributed by atoms with Crippen LogP contribution in [-0.2, 0) is 0 Å². The van der Waals surface area contributed by atoms with Gasteiger partial charge in [-0.05, 0) is 61.2 Å². The van der Waals surface area contributed by atoms with Crippen molar-refractivity contribution < 1.29 is 5.11 Å². The maximum atomic E-state index is 10.3. The molecule has 0 fully saturated rings. The molecule has 2 rings (SSSR count). The molecule has 1 N–H and O–H groups in total. The molecular weight excluding hydrogens is 282 g/mol. The van der Waals surface area contributed by atoms with Crippen LogP contribution < -0.4 is 4.90 Å². The van der Waals surface area contributed by atoms with E-state index >= 15 is 0 Å². The smallest absolute Gasteiger partial charge is 0.0807 e. The van der Waals surface area contributed by atoms with Crippen molar-refractivity contribution >= 4 is 17.3 Å². The molecule has 0 aromatic heterocycles. The molecule has 0 radical (unpaired) electrons. The minimum Gasteiger partial charge on any atom is -0.388 e. The number of aliphatic hydroxyl groups is 1. The van der Waals surface area contributed by atoms with Gasteiger partial charge in [-0.3, -0.25) is 0 Å². The van der Waals surface area contributed by atoms with Gasteiger partial charge in [-0.25, -0.2) is 0 Å². The van der Waals surface area contributed by atoms with Crippen LogP contribution in [0.3, 0.4) is 0 Å². The highest BCUT2D eigenvalue weighted by Gasteiger charge is 2.10. The van der Waals surface area contributed by atoms with Crippen molar-refractivity contribution in [2.45, 2.75) is 26.4 Å². The van der Waals surface area contributed by atoms with Crippen LogP contribution in [0.5, 0.6) is 0 Å². The molecule has 0 aliphatic heterocycles. The quantitative estimate of drug-likeness (QED) is 0.878. The minimum absolute atomic E-state index is 0.489. The van der Waals surface area contributed by atoms with E-state index in [1.807, 2.05) is 24.3 Å². The highest BCUT2D eigenvalue weighted by Crippen LogP contribution is 2.22. The Balaban J connectivity index is 1.98. The van der Waals surface area contributed by atoms with Crippen LogP contribution in [0.4, 0.5) is 5.69 Å². The van der Waals surface area contributed by atoms with Gasteiger partial charge in [0.25, 0.3) is 0 Å². The molecule has 0 spiro atoms. The lowest BCUT2D eigenvalue weighted by Crippen LogP contribution is -2.20. The standard InChI is InChI=1S/C18H22ClNO/c1-13-9-14(2)11-17(10-13)20(3)8-7-18(21)15-5-4-6-16(19)12-15/h4-6,9-12,18,21H,7-8H2,1-3H3. The van der Waals surface area contributed by atoms with Crippen molar-refractivity contribution in [3.05, 3.63) is 64.2 Å². The maximum absolute atomic E-state index is 10.3. The zero-order chi connectivity index (χ0) is 15.4. The Morgan fingerprint density at radius 2 is 1.76 bits per heavy atom. The number of nitrogens with zero attached hydrogens (tertiary/aromatic N) is 1. The highest BCUT2D eigenvalue weighted by atomic mass is 35.5. The van der Waals surface area contributed by atoms with Gasteiger partial charge in [0.15, 0.2) is 0 Å². The summed E-state index contributed by atoms with van der Waals surface area (Å²) in [6.07, 6.45) is 0.182. The van der Waals surface area contributed by atoms with E-state index in [-0.39, 0.29) is 0 Å². The average Bonchev–Trinajstić information content (AvgIpc) is 2.43. The topological polar surface area (TPSA) is 23.5 Å². The predicted octanol–water partition coefficient (Wildman–Crippen LogP) is 4.52. The summed E-state index contributed by atoms with van der Waals surface area (Å²) >= 11 is 5.96. The fourth-order valence-corrected chi connectivity index (χ4v) is 2.70. The molecular formula is C18H22ClNO. The predicted molar refractivity (Wildman–Crippen MR) is 90.2 cm³/mol. The largest absolute Gasteiger partial charge is 0.388 e. The molecule has 0 amide bonds. The fourth-order valence-electron chi connectivity index (χ4n) is 2.50. The molecule has 2 aromatic carbocycles. The summed E-state index contributed by atoms with van der Waals surface area (Å²) in [6.45, 7) is 4.99. The maximum Gasteiger partial charge on any atom is 0.0807 e. The summed E-state index contributed by atoms with van der Waals surface area (Å²) in [7, 11) is 2.05. The second-order valence-electron chi connectivity index (χ2n) is 5.63. The first-order valence-corrected chi connectivity index (χ1v) is 7.56. The normalized spacial score (nSPS) is 12.2. The SMILES string of the molecule is Cc1cc(C)cc(N(C)CCC(O)c2cccc(Cl)c2)c1. The van der Waals surface area contributed by atoms with Gasteiger partial charge in [-0.15, -0.1) is 0 Å². The van der Waals surface area contributed by atoms with Crippen molar-refractivity contribution in [2.75, 3.05) is 18.5 Å².